The number of hydrogen-bond acceptors (Lipinski definition) is 2. The molecule has 0 aromatic rings. The molecule has 1 rings (SSSR count). The maximum atomic E-state index is 4.18. The minimum atomic E-state index is 0.812. The molecule has 10 heavy (non-hydrogen) atoms. The standard InChI is InChI=1S/C8H15NS/c1-2-3-4-5-8-6-9-7-10-8/h7-8H,2-6H2,1H3. The van der Waals surface area contributed by atoms with Crippen molar-refractivity contribution in [2.45, 2.75) is 37.9 Å². The summed E-state index contributed by atoms with van der Waals surface area (Å²) in [5, 5.41) is 0.812. The Morgan fingerprint density at radius 1 is 1.60 bits per heavy atom. The summed E-state index contributed by atoms with van der Waals surface area (Å²) in [7, 11) is 0. The Labute approximate surface area is 67.3 Å². The summed E-state index contributed by atoms with van der Waals surface area (Å²) in [4.78, 5) is 4.18. The van der Waals surface area contributed by atoms with Crippen LogP contribution in [0.25, 0.3) is 0 Å². The third-order valence-corrected chi connectivity index (χ3v) is 2.81. The fraction of sp³-hybridized carbons (Fsp3) is 0.875. The van der Waals surface area contributed by atoms with Gasteiger partial charge in [-0.25, -0.2) is 0 Å². The van der Waals surface area contributed by atoms with Gasteiger partial charge < -0.3 is 0 Å². The van der Waals surface area contributed by atoms with Crippen molar-refractivity contribution in [3.63, 3.8) is 0 Å². The largest absolute Gasteiger partial charge is 0.285 e. The lowest BCUT2D eigenvalue weighted by molar-refractivity contribution is 0.652. The monoisotopic (exact) mass is 157 g/mol. The highest BCUT2D eigenvalue weighted by Crippen LogP contribution is 2.20. The molecule has 1 unspecified atom stereocenters. The zero-order valence-electron chi connectivity index (χ0n) is 6.55. The van der Waals surface area contributed by atoms with Gasteiger partial charge in [0.05, 0.1) is 12.1 Å². The predicted octanol–water partition coefficient (Wildman–Crippen LogP) is 2.71. The number of thioether (sulfide) groups is 1. The molecule has 1 atom stereocenters. The van der Waals surface area contributed by atoms with Gasteiger partial charge in [-0.15, -0.1) is 11.8 Å². The molecule has 0 saturated carbocycles. The molecule has 0 aromatic carbocycles. The smallest absolute Gasteiger partial charge is 0.0544 e. The van der Waals surface area contributed by atoms with Crippen LogP contribution in [-0.4, -0.2) is 17.3 Å². The van der Waals surface area contributed by atoms with Crippen LogP contribution in [0.3, 0.4) is 0 Å². The predicted molar refractivity (Wildman–Crippen MR) is 48.9 cm³/mol. The number of hydrogen-bond donors (Lipinski definition) is 0. The van der Waals surface area contributed by atoms with Crippen LogP contribution in [-0.2, 0) is 0 Å². The van der Waals surface area contributed by atoms with Crippen molar-refractivity contribution in [2.24, 2.45) is 4.99 Å². The Bertz CT molecular complexity index is 104. The van der Waals surface area contributed by atoms with Crippen molar-refractivity contribution in [3.8, 4) is 0 Å². The second-order valence-corrected chi connectivity index (χ2v) is 3.87. The Morgan fingerprint density at radius 3 is 3.10 bits per heavy atom. The van der Waals surface area contributed by atoms with E-state index in [0.717, 1.165) is 11.8 Å². The fourth-order valence-electron chi connectivity index (χ4n) is 1.11. The summed E-state index contributed by atoms with van der Waals surface area (Å²) < 4.78 is 0. The molecule has 0 spiro atoms. The number of unbranched alkanes of at least 4 members (excludes halogenated alkanes) is 2. The highest BCUT2D eigenvalue weighted by atomic mass is 32.2. The normalized spacial score (nSPS) is 23.9. The average Bonchev–Trinajstić information content (AvgIpc) is 2.41. The SMILES string of the molecule is CCCCCC1CN=CS1. The minimum absolute atomic E-state index is 0.812. The van der Waals surface area contributed by atoms with Crippen LogP contribution in [0, 0.1) is 0 Å². The molecular formula is C8H15NS. The summed E-state index contributed by atoms with van der Waals surface area (Å²) in [6.45, 7) is 3.31. The van der Waals surface area contributed by atoms with E-state index >= 15 is 0 Å². The first-order valence-corrected chi connectivity index (χ1v) is 5.01. The molecule has 0 amide bonds. The van der Waals surface area contributed by atoms with Gasteiger partial charge in [-0.3, -0.25) is 4.99 Å². The first-order chi connectivity index (χ1) is 4.93. The molecule has 0 bridgehead atoms. The lowest BCUT2D eigenvalue weighted by Crippen LogP contribution is -2.01. The van der Waals surface area contributed by atoms with E-state index in [4.69, 9.17) is 0 Å². The second-order valence-electron chi connectivity index (χ2n) is 2.72. The molecule has 2 heteroatoms. The molecule has 0 aromatic heterocycles. The van der Waals surface area contributed by atoms with Gasteiger partial charge in [0.15, 0.2) is 0 Å². The number of rotatable bonds is 4. The molecule has 0 fully saturated rings. The Hall–Kier alpha value is 0.0200. The van der Waals surface area contributed by atoms with E-state index in [1.165, 1.54) is 25.7 Å². The van der Waals surface area contributed by atoms with Gasteiger partial charge in [0.25, 0.3) is 0 Å². The van der Waals surface area contributed by atoms with Crippen molar-refractivity contribution in [3.05, 3.63) is 0 Å². The van der Waals surface area contributed by atoms with Gasteiger partial charge in [0, 0.05) is 5.25 Å². The van der Waals surface area contributed by atoms with Gasteiger partial charge in [-0.05, 0) is 6.42 Å². The lowest BCUT2D eigenvalue weighted by atomic mass is 10.1. The van der Waals surface area contributed by atoms with Crippen LogP contribution >= 0.6 is 11.8 Å². The third kappa shape index (κ3) is 2.74. The van der Waals surface area contributed by atoms with Crippen molar-refractivity contribution in [1.82, 2.24) is 0 Å². The van der Waals surface area contributed by atoms with E-state index in [0.29, 0.717) is 0 Å². The maximum absolute atomic E-state index is 4.18. The first-order valence-electron chi connectivity index (χ1n) is 4.07. The van der Waals surface area contributed by atoms with Gasteiger partial charge >= 0.3 is 0 Å². The molecule has 0 N–H and O–H groups in total. The molecular weight excluding hydrogens is 142 g/mol. The van der Waals surface area contributed by atoms with Crippen LogP contribution < -0.4 is 0 Å². The summed E-state index contributed by atoms with van der Waals surface area (Å²) in [6.07, 6.45) is 5.46. The fourth-order valence-corrected chi connectivity index (χ4v) is 1.93. The van der Waals surface area contributed by atoms with E-state index in [2.05, 4.69) is 11.9 Å². The molecule has 1 nitrogen and oxygen atoms in total. The molecule has 0 radical (unpaired) electrons. The second kappa shape index (κ2) is 4.78. The zero-order chi connectivity index (χ0) is 7.23. The Kier molecular flexibility index (Phi) is 3.88. The zero-order valence-corrected chi connectivity index (χ0v) is 7.36. The minimum Gasteiger partial charge on any atom is -0.285 e. The van der Waals surface area contributed by atoms with Gasteiger partial charge in [0.2, 0.25) is 0 Å². The number of nitrogens with zero attached hydrogens (tertiary/aromatic N) is 1. The topological polar surface area (TPSA) is 12.4 Å². The first kappa shape index (κ1) is 8.12. The summed E-state index contributed by atoms with van der Waals surface area (Å²) in [6, 6.07) is 0. The van der Waals surface area contributed by atoms with Gasteiger partial charge in [-0.1, -0.05) is 26.2 Å². The molecule has 0 aliphatic carbocycles. The Morgan fingerprint density at radius 2 is 2.50 bits per heavy atom. The van der Waals surface area contributed by atoms with E-state index in [9.17, 15) is 0 Å². The van der Waals surface area contributed by atoms with Gasteiger partial charge in [0.1, 0.15) is 0 Å². The maximum Gasteiger partial charge on any atom is 0.0544 e. The summed E-state index contributed by atoms with van der Waals surface area (Å²) in [5.74, 6) is 0. The van der Waals surface area contributed by atoms with E-state index in [1.807, 2.05) is 17.3 Å². The molecule has 58 valence electrons. The van der Waals surface area contributed by atoms with Gasteiger partial charge in [-0.2, -0.15) is 0 Å². The Balaban J connectivity index is 1.93. The number of aliphatic imine (C=N–C) groups is 1. The summed E-state index contributed by atoms with van der Waals surface area (Å²) in [5.41, 5.74) is 2.00. The third-order valence-electron chi connectivity index (χ3n) is 1.77. The average molecular weight is 157 g/mol. The van der Waals surface area contributed by atoms with Crippen molar-refractivity contribution >= 4 is 17.3 Å². The highest BCUT2D eigenvalue weighted by Gasteiger charge is 2.10. The van der Waals surface area contributed by atoms with Crippen LogP contribution in [0.4, 0.5) is 0 Å². The molecule has 1 aliphatic heterocycles. The van der Waals surface area contributed by atoms with Crippen molar-refractivity contribution in [1.29, 1.82) is 0 Å². The van der Waals surface area contributed by atoms with E-state index in [-0.39, 0.29) is 0 Å². The van der Waals surface area contributed by atoms with E-state index < -0.39 is 0 Å². The highest BCUT2D eigenvalue weighted by molar-refractivity contribution is 8.12. The summed E-state index contributed by atoms with van der Waals surface area (Å²) >= 11 is 1.90. The van der Waals surface area contributed by atoms with Crippen LogP contribution in [0.2, 0.25) is 0 Å². The molecule has 1 heterocycles. The molecule has 0 saturated heterocycles. The van der Waals surface area contributed by atoms with Crippen LogP contribution in [0.15, 0.2) is 4.99 Å². The van der Waals surface area contributed by atoms with E-state index in [1.54, 1.807) is 0 Å². The lowest BCUT2D eigenvalue weighted by Gasteiger charge is -2.04. The van der Waals surface area contributed by atoms with Crippen molar-refractivity contribution < 1.29 is 0 Å². The van der Waals surface area contributed by atoms with Crippen molar-refractivity contribution in [2.75, 3.05) is 6.54 Å². The van der Waals surface area contributed by atoms with Crippen LogP contribution in [0.1, 0.15) is 32.6 Å². The molecule has 1 aliphatic rings. The quantitative estimate of drug-likeness (QED) is 0.571. The van der Waals surface area contributed by atoms with Crippen LogP contribution in [0.5, 0.6) is 0 Å².